The normalized spacial score (nSPS) is 23.9. The average molecular weight is 557 g/mol. The van der Waals surface area contributed by atoms with Crippen molar-refractivity contribution in [2.24, 2.45) is 4.99 Å². The molecule has 204 valence electrons. The van der Waals surface area contributed by atoms with E-state index >= 15 is 0 Å². The molecule has 0 radical (unpaired) electrons. The minimum atomic E-state index is -3.83. The van der Waals surface area contributed by atoms with Gasteiger partial charge in [-0.1, -0.05) is 12.5 Å². The number of hydrogen-bond donors (Lipinski definition) is 3. The molecule has 0 spiro atoms. The van der Waals surface area contributed by atoms with Crippen LogP contribution in [0.1, 0.15) is 38.7 Å². The van der Waals surface area contributed by atoms with E-state index in [1.54, 1.807) is 35.8 Å². The Morgan fingerprint density at radius 3 is 2.71 bits per heavy atom. The van der Waals surface area contributed by atoms with E-state index in [-0.39, 0.29) is 21.6 Å². The number of anilines is 2. The summed E-state index contributed by atoms with van der Waals surface area (Å²) >= 11 is 1.68. The molecule has 11 heteroatoms. The molecule has 1 saturated carbocycles. The summed E-state index contributed by atoms with van der Waals surface area (Å²) in [6.45, 7) is 9.37. The van der Waals surface area contributed by atoms with Crippen LogP contribution < -0.4 is 14.9 Å². The van der Waals surface area contributed by atoms with Gasteiger partial charge in [0.05, 0.1) is 11.4 Å². The molecule has 1 unspecified atom stereocenters. The molecule has 9 nitrogen and oxygen atoms in total. The molecular formula is C27H36N6O3S2. The van der Waals surface area contributed by atoms with Gasteiger partial charge in [0.2, 0.25) is 15.9 Å². The molecule has 2 saturated heterocycles. The van der Waals surface area contributed by atoms with Crippen LogP contribution in [0.2, 0.25) is 0 Å². The largest absolute Gasteiger partial charge is 0.380 e. The second kappa shape index (κ2) is 10.8. The summed E-state index contributed by atoms with van der Waals surface area (Å²) in [5.74, 6) is 3.58. The number of amides is 1. The minimum Gasteiger partial charge on any atom is -0.380 e. The summed E-state index contributed by atoms with van der Waals surface area (Å²) in [4.78, 5) is 20.3. The lowest BCUT2D eigenvalue weighted by molar-refractivity contribution is -0.125. The molecule has 1 amide bonds. The number of nitrogens with one attached hydrogen (secondary N) is 3. The zero-order valence-corrected chi connectivity index (χ0v) is 23.8. The monoisotopic (exact) mass is 556 g/mol. The molecule has 38 heavy (non-hydrogen) atoms. The number of thioether (sulfide) groups is 1. The highest BCUT2D eigenvalue weighted by atomic mass is 32.2. The SMILES string of the molecule is C#C[C@]1(CN(CC(C)=NC)c2cc(S(=O)(=O)NC3(C)CC3)cc(NC3CCN(C(=O)C=C)C3)c2C=N)CS1. The number of likely N-dealkylation sites (tertiary alicyclic amines) is 1. The van der Waals surface area contributed by atoms with E-state index in [0.717, 1.165) is 24.3 Å². The van der Waals surface area contributed by atoms with E-state index in [4.69, 9.17) is 11.8 Å². The van der Waals surface area contributed by atoms with Gasteiger partial charge in [-0.05, 0) is 51.3 Å². The summed E-state index contributed by atoms with van der Waals surface area (Å²) < 4.78 is 29.5. The Balaban J connectivity index is 1.78. The summed E-state index contributed by atoms with van der Waals surface area (Å²) in [6, 6.07) is 3.14. The summed E-state index contributed by atoms with van der Waals surface area (Å²) in [5.41, 5.74) is 2.13. The zero-order valence-electron chi connectivity index (χ0n) is 22.2. The third-order valence-corrected chi connectivity index (χ3v) is 10.2. The number of aliphatic imine (C=N–C) groups is 1. The fourth-order valence-electron chi connectivity index (χ4n) is 4.59. The first-order valence-corrected chi connectivity index (χ1v) is 15.1. The van der Waals surface area contributed by atoms with Crippen molar-refractivity contribution < 1.29 is 13.2 Å². The van der Waals surface area contributed by atoms with Crippen molar-refractivity contribution in [2.45, 2.75) is 54.3 Å². The summed E-state index contributed by atoms with van der Waals surface area (Å²) in [6.07, 6.45) is 10.7. The molecule has 3 fully saturated rings. The second-order valence-corrected chi connectivity index (χ2v) is 13.6. The standard InChI is InChI=1S/C27H36N6O3S2/c1-6-25(34)32-11-8-20(16-32)30-23-12-21(38(35,36)31-26(4)9-10-26)13-24(22(23)14-28)33(15-19(3)29-5)17-27(7-2)18-37-27/h2,6,12-14,20,28,30-31H,1,8-11,15-18H2,3-5H3/t20?,27-/m0/s1. The molecule has 2 aliphatic heterocycles. The maximum atomic E-state index is 13.5. The molecule has 1 aliphatic carbocycles. The van der Waals surface area contributed by atoms with Gasteiger partial charge in [0, 0.05) is 72.9 Å². The van der Waals surface area contributed by atoms with Crippen LogP contribution in [0.15, 0.2) is 34.7 Å². The minimum absolute atomic E-state index is 0.0965. The first-order chi connectivity index (χ1) is 18.0. The van der Waals surface area contributed by atoms with Crippen molar-refractivity contribution in [3.63, 3.8) is 0 Å². The van der Waals surface area contributed by atoms with Crippen LogP contribution in [-0.2, 0) is 14.8 Å². The van der Waals surface area contributed by atoms with E-state index in [9.17, 15) is 13.2 Å². The van der Waals surface area contributed by atoms with Gasteiger partial charge in [0.25, 0.3) is 0 Å². The highest BCUT2D eigenvalue weighted by molar-refractivity contribution is 8.08. The van der Waals surface area contributed by atoms with Gasteiger partial charge in [0.1, 0.15) is 4.75 Å². The van der Waals surface area contributed by atoms with Gasteiger partial charge in [0.15, 0.2) is 0 Å². The van der Waals surface area contributed by atoms with E-state index in [1.165, 1.54) is 12.3 Å². The van der Waals surface area contributed by atoms with Gasteiger partial charge in [-0.3, -0.25) is 9.79 Å². The number of hydrogen-bond acceptors (Lipinski definition) is 8. The Hall–Kier alpha value is -2.81. The van der Waals surface area contributed by atoms with Crippen LogP contribution in [0.25, 0.3) is 0 Å². The number of sulfonamides is 1. The van der Waals surface area contributed by atoms with Crippen molar-refractivity contribution in [2.75, 3.05) is 49.2 Å². The first kappa shape index (κ1) is 28.2. The van der Waals surface area contributed by atoms with Crippen LogP contribution >= 0.6 is 11.8 Å². The van der Waals surface area contributed by atoms with Crippen LogP contribution in [0.3, 0.4) is 0 Å². The maximum Gasteiger partial charge on any atom is 0.246 e. The fraction of sp³-hybridized carbons (Fsp3) is 0.519. The molecule has 3 N–H and O–H groups in total. The molecule has 1 aromatic rings. The first-order valence-electron chi connectivity index (χ1n) is 12.7. The third-order valence-electron chi connectivity index (χ3n) is 7.35. The number of carbonyl (C=O) groups is 1. The summed E-state index contributed by atoms with van der Waals surface area (Å²) in [7, 11) is -2.11. The van der Waals surface area contributed by atoms with Gasteiger partial charge in [-0.2, -0.15) is 0 Å². The van der Waals surface area contributed by atoms with Crippen molar-refractivity contribution in [1.82, 2.24) is 9.62 Å². The zero-order chi connectivity index (χ0) is 27.7. The molecule has 1 aromatic carbocycles. The number of carbonyl (C=O) groups excluding carboxylic acids is 1. The lowest BCUT2D eigenvalue weighted by atomic mass is 10.1. The predicted molar refractivity (Wildman–Crippen MR) is 156 cm³/mol. The maximum absolute atomic E-state index is 13.5. The number of terminal acetylenes is 1. The van der Waals surface area contributed by atoms with E-state index in [1.807, 2.05) is 18.7 Å². The van der Waals surface area contributed by atoms with Gasteiger partial charge in [-0.25, -0.2) is 13.1 Å². The Morgan fingerprint density at radius 2 is 2.16 bits per heavy atom. The smallest absolute Gasteiger partial charge is 0.246 e. The molecule has 3 aliphatic rings. The topological polar surface area (TPSA) is 118 Å². The van der Waals surface area contributed by atoms with Crippen molar-refractivity contribution >= 4 is 51.0 Å². The van der Waals surface area contributed by atoms with E-state index in [0.29, 0.717) is 49.5 Å². The molecule has 4 rings (SSSR count). The van der Waals surface area contributed by atoms with Crippen molar-refractivity contribution in [3.05, 3.63) is 30.4 Å². The lowest BCUT2D eigenvalue weighted by Crippen LogP contribution is -2.38. The summed E-state index contributed by atoms with van der Waals surface area (Å²) in [5, 5.41) is 11.8. The van der Waals surface area contributed by atoms with Gasteiger partial charge < -0.3 is 20.5 Å². The second-order valence-electron chi connectivity index (χ2n) is 10.6. The lowest BCUT2D eigenvalue weighted by Gasteiger charge is -2.30. The average Bonchev–Trinajstić information content (AvgIpc) is 3.78. The van der Waals surface area contributed by atoms with Crippen LogP contribution in [-0.4, -0.2) is 86.5 Å². The predicted octanol–water partition coefficient (Wildman–Crippen LogP) is 2.73. The van der Waals surface area contributed by atoms with E-state index in [2.05, 4.69) is 27.5 Å². The van der Waals surface area contributed by atoms with Crippen LogP contribution in [0.4, 0.5) is 11.4 Å². The quantitative estimate of drug-likeness (QED) is 0.158. The van der Waals surface area contributed by atoms with E-state index < -0.39 is 15.6 Å². The van der Waals surface area contributed by atoms with Crippen molar-refractivity contribution in [3.8, 4) is 12.3 Å². The molecule has 2 heterocycles. The fourth-order valence-corrected chi connectivity index (χ4v) is 6.78. The molecule has 0 bridgehead atoms. The highest BCUT2D eigenvalue weighted by Crippen LogP contribution is 2.46. The Morgan fingerprint density at radius 1 is 1.45 bits per heavy atom. The van der Waals surface area contributed by atoms with Gasteiger partial charge in [-0.15, -0.1) is 18.2 Å². The molecular weight excluding hydrogens is 520 g/mol. The van der Waals surface area contributed by atoms with Gasteiger partial charge >= 0.3 is 0 Å². The molecule has 0 aromatic heterocycles. The molecule has 2 atom stereocenters. The Bertz CT molecular complexity index is 1310. The van der Waals surface area contributed by atoms with Crippen molar-refractivity contribution in [1.29, 1.82) is 5.41 Å². The highest BCUT2D eigenvalue weighted by Gasteiger charge is 2.45. The number of benzene rings is 1. The Kier molecular flexibility index (Phi) is 7.98. The number of rotatable bonds is 12. The van der Waals surface area contributed by atoms with Crippen LogP contribution in [0.5, 0.6) is 0 Å². The number of nitrogens with zero attached hydrogens (tertiary/aromatic N) is 3. The third kappa shape index (κ3) is 6.25. The Labute approximate surface area is 230 Å². The van der Waals surface area contributed by atoms with Crippen LogP contribution in [0, 0.1) is 17.8 Å².